The van der Waals surface area contributed by atoms with Crippen molar-refractivity contribution in [3.8, 4) is 0 Å². The highest BCUT2D eigenvalue weighted by Gasteiger charge is 2.07. The van der Waals surface area contributed by atoms with Gasteiger partial charge in [0, 0.05) is 24.4 Å². The molecule has 10 heteroatoms. The van der Waals surface area contributed by atoms with E-state index in [9.17, 15) is 9.59 Å². The molecule has 128 valence electrons. The lowest BCUT2D eigenvalue weighted by Gasteiger charge is -2.01. The number of hydrogen-bond acceptors (Lipinski definition) is 7. The molecule has 0 aliphatic heterocycles. The Morgan fingerprint density at radius 1 is 1.21 bits per heavy atom. The minimum Gasteiger partial charge on any atom is -0.363 e. The second-order valence-electron chi connectivity index (χ2n) is 4.64. The van der Waals surface area contributed by atoms with Crippen LogP contribution in [0.4, 0.5) is 5.13 Å². The van der Waals surface area contributed by atoms with E-state index in [0.717, 1.165) is 20.6 Å². The molecule has 0 saturated heterocycles. The van der Waals surface area contributed by atoms with Crippen LogP contribution in [0, 0.1) is 0 Å². The third-order valence-corrected chi connectivity index (χ3v) is 5.00. The quantitative estimate of drug-likeness (QED) is 0.572. The van der Waals surface area contributed by atoms with Gasteiger partial charge in [-0.15, -0.1) is 21.5 Å². The Hall–Kier alpha value is -1.97. The lowest BCUT2D eigenvalue weighted by Crippen LogP contribution is -2.23. The summed E-state index contributed by atoms with van der Waals surface area (Å²) in [5.41, 5.74) is 5.09. The first-order chi connectivity index (χ1) is 11.5. The van der Waals surface area contributed by atoms with Crippen LogP contribution in [0.25, 0.3) is 0 Å². The summed E-state index contributed by atoms with van der Waals surface area (Å²) in [6.45, 7) is 0.964. The van der Waals surface area contributed by atoms with Crippen molar-refractivity contribution in [2.24, 2.45) is 5.73 Å². The summed E-state index contributed by atoms with van der Waals surface area (Å²) in [7, 11) is 0. The molecule has 0 aliphatic rings. The van der Waals surface area contributed by atoms with Crippen LogP contribution in [0.5, 0.6) is 0 Å². The first-order valence-corrected chi connectivity index (χ1v) is 9.09. The molecular weight excluding hydrogens is 370 g/mol. The largest absolute Gasteiger partial charge is 0.363 e. The van der Waals surface area contributed by atoms with Gasteiger partial charge in [-0.1, -0.05) is 35.1 Å². The van der Waals surface area contributed by atoms with Gasteiger partial charge in [-0.3, -0.25) is 9.59 Å². The summed E-state index contributed by atoms with van der Waals surface area (Å²) in [4.78, 5) is 23.7. The highest BCUT2D eigenvalue weighted by atomic mass is 35.5. The van der Waals surface area contributed by atoms with Crippen LogP contribution in [0.15, 0.2) is 24.3 Å². The summed E-state index contributed by atoms with van der Waals surface area (Å²) in [6, 6.07) is 3.77. The molecule has 0 bridgehead atoms. The number of carbonyl (C=O) groups is 2. The second kappa shape index (κ2) is 9.36. The standard InChI is InChI=1S/C14H16ClN5O2S2/c15-10-5-3-9(23-10)4-6-11(21)17-7-1-2-8-18-14-20-19-13(24-14)12(16)22/h1-3,5H,4,6-8H2,(H2,16,22)(H,17,21)(H,18,20)/b2-1+. The number of nitrogens with two attached hydrogens (primary N) is 1. The number of aryl methyl sites for hydroxylation is 1. The molecule has 7 nitrogen and oxygen atoms in total. The van der Waals surface area contributed by atoms with Crippen molar-refractivity contribution >= 4 is 51.2 Å². The number of halogens is 1. The van der Waals surface area contributed by atoms with Crippen molar-refractivity contribution in [3.63, 3.8) is 0 Å². The number of primary amides is 1. The SMILES string of the molecule is NC(=O)c1nnc(NC/C=C/CNC(=O)CCc2ccc(Cl)s2)s1. The lowest BCUT2D eigenvalue weighted by molar-refractivity contribution is -0.120. The van der Waals surface area contributed by atoms with Crippen LogP contribution in [0.1, 0.15) is 21.1 Å². The zero-order valence-electron chi connectivity index (χ0n) is 12.6. The number of carbonyl (C=O) groups excluding carboxylic acids is 2. The summed E-state index contributed by atoms with van der Waals surface area (Å²) < 4.78 is 0.735. The van der Waals surface area contributed by atoms with E-state index in [0.29, 0.717) is 31.1 Å². The lowest BCUT2D eigenvalue weighted by atomic mass is 10.2. The second-order valence-corrected chi connectivity index (χ2v) is 7.42. The number of nitrogens with one attached hydrogen (secondary N) is 2. The summed E-state index contributed by atoms with van der Waals surface area (Å²) in [5, 5.41) is 13.9. The normalized spacial score (nSPS) is 10.9. The first kappa shape index (κ1) is 18.4. The minimum absolute atomic E-state index is 0.00708. The van der Waals surface area contributed by atoms with Gasteiger partial charge in [-0.25, -0.2) is 0 Å². The molecule has 0 unspecified atom stereocenters. The average molecular weight is 386 g/mol. The van der Waals surface area contributed by atoms with Crippen LogP contribution < -0.4 is 16.4 Å². The van der Waals surface area contributed by atoms with Crippen molar-refractivity contribution in [2.75, 3.05) is 18.4 Å². The van der Waals surface area contributed by atoms with E-state index in [1.165, 1.54) is 11.3 Å². The predicted octanol–water partition coefficient (Wildman–Crippen LogP) is 2.07. The molecule has 2 heterocycles. The van der Waals surface area contributed by atoms with Gasteiger partial charge in [-0.05, 0) is 18.6 Å². The van der Waals surface area contributed by atoms with E-state index in [1.54, 1.807) is 0 Å². The van der Waals surface area contributed by atoms with Crippen molar-refractivity contribution < 1.29 is 9.59 Å². The fraction of sp³-hybridized carbons (Fsp3) is 0.286. The van der Waals surface area contributed by atoms with Gasteiger partial charge in [0.15, 0.2) is 0 Å². The van der Waals surface area contributed by atoms with Gasteiger partial charge in [0.05, 0.1) is 4.34 Å². The Morgan fingerprint density at radius 2 is 2.00 bits per heavy atom. The molecule has 0 atom stereocenters. The van der Waals surface area contributed by atoms with E-state index in [-0.39, 0.29) is 10.9 Å². The van der Waals surface area contributed by atoms with Crippen molar-refractivity contribution in [3.05, 3.63) is 38.5 Å². The minimum atomic E-state index is -0.594. The Bertz CT molecular complexity index is 728. The van der Waals surface area contributed by atoms with E-state index in [1.807, 2.05) is 24.3 Å². The summed E-state index contributed by atoms with van der Waals surface area (Å²) >= 11 is 8.43. The highest BCUT2D eigenvalue weighted by molar-refractivity contribution is 7.17. The van der Waals surface area contributed by atoms with Crippen molar-refractivity contribution in [2.45, 2.75) is 12.8 Å². The van der Waals surface area contributed by atoms with E-state index < -0.39 is 5.91 Å². The topological polar surface area (TPSA) is 110 Å². The number of anilines is 1. The zero-order chi connectivity index (χ0) is 17.4. The van der Waals surface area contributed by atoms with Gasteiger partial charge < -0.3 is 16.4 Å². The Morgan fingerprint density at radius 3 is 2.67 bits per heavy atom. The first-order valence-electron chi connectivity index (χ1n) is 7.07. The van der Waals surface area contributed by atoms with Gasteiger partial charge in [0.1, 0.15) is 0 Å². The highest BCUT2D eigenvalue weighted by Crippen LogP contribution is 2.22. The number of aromatic nitrogens is 2. The molecule has 0 saturated carbocycles. The fourth-order valence-corrected chi connectivity index (χ4v) is 3.38. The van der Waals surface area contributed by atoms with Crippen LogP contribution in [0.3, 0.4) is 0 Å². The molecule has 24 heavy (non-hydrogen) atoms. The predicted molar refractivity (Wildman–Crippen MR) is 96.7 cm³/mol. The third kappa shape index (κ3) is 6.26. The van der Waals surface area contributed by atoms with Crippen molar-refractivity contribution in [1.82, 2.24) is 15.5 Å². The molecule has 0 aromatic carbocycles. The number of rotatable bonds is 9. The molecule has 2 aromatic rings. The molecule has 4 N–H and O–H groups in total. The molecular formula is C14H16ClN5O2S2. The van der Waals surface area contributed by atoms with Crippen molar-refractivity contribution in [1.29, 1.82) is 0 Å². The van der Waals surface area contributed by atoms with E-state index in [4.69, 9.17) is 17.3 Å². The van der Waals surface area contributed by atoms with Crippen LogP contribution in [-0.2, 0) is 11.2 Å². The maximum atomic E-state index is 11.7. The monoisotopic (exact) mass is 385 g/mol. The van der Waals surface area contributed by atoms with Gasteiger partial charge in [0.2, 0.25) is 16.0 Å². The summed E-state index contributed by atoms with van der Waals surface area (Å²) in [6.07, 6.45) is 4.81. The zero-order valence-corrected chi connectivity index (χ0v) is 15.0. The fourth-order valence-electron chi connectivity index (χ4n) is 1.69. The smallest absolute Gasteiger partial charge is 0.279 e. The summed E-state index contributed by atoms with van der Waals surface area (Å²) in [5.74, 6) is -0.601. The van der Waals surface area contributed by atoms with Gasteiger partial charge >= 0.3 is 0 Å². The van der Waals surface area contributed by atoms with Crippen LogP contribution in [-0.4, -0.2) is 35.1 Å². The van der Waals surface area contributed by atoms with Crippen LogP contribution in [0.2, 0.25) is 4.34 Å². The molecule has 0 radical (unpaired) electrons. The number of hydrogen-bond donors (Lipinski definition) is 3. The molecule has 0 aliphatic carbocycles. The third-order valence-electron chi connectivity index (χ3n) is 2.82. The van der Waals surface area contributed by atoms with Crippen LogP contribution >= 0.6 is 34.3 Å². The van der Waals surface area contributed by atoms with E-state index in [2.05, 4.69) is 20.8 Å². The Labute approximate surface area is 151 Å². The maximum absolute atomic E-state index is 11.7. The number of thiophene rings is 1. The Kier molecular flexibility index (Phi) is 7.16. The van der Waals surface area contributed by atoms with Gasteiger partial charge in [-0.2, -0.15) is 0 Å². The molecule has 2 amide bonds. The molecule has 2 aromatic heterocycles. The molecule has 0 fully saturated rings. The number of nitrogens with zero attached hydrogens (tertiary/aromatic N) is 2. The van der Waals surface area contributed by atoms with Gasteiger partial charge in [0.25, 0.3) is 5.91 Å². The molecule has 2 rings (SSSR count). The number of amides is 2. The average Bonchev–Trinajstić information content (AvgIpc) is 3.17. The van der Waals surface area contributed by atoms with E-state index >= 15 is 0 Å². The maximum Gasteiger partial charge on any atom is 0.279 e. The Balaban J connectivity index is 1.58. The molecule has 0 spiro atoms.